The third kappa shape index (κ3) is 3.68. The van der Waals surface area contributed by atoms with Crippen LogP contribution in [-0.2, 0) is 0 Å². The summed E-state index contributed by atoms with van der Waals surface area (Å²) in [5.41, 5.74) is 7.53. The molecule has 0 radical (unpaired) electrons. The van der Waals surface area contributed by atoms with Crippen LogP contribution >= 0.6 is 15.9 Å². The maximum Gasteiger partial charge on any atom is 0.121 e. The van der Waals surface area contributed by atoms with Crippen LogP contribution in [0.15, 0.2) is 46.4 Å². The monoisotopic (exact) mass is 438 g/mol. The molecule has 0 aromatic heterocycles. The summed E-state index contributed by atoms with van der Waals surface area (Å²) in [6.45, 7) is 8.89. The molecule has 2 aromatic rings. The van der Waals surface area contributed by atoms with Crippen molar-refractivity contribution in [1.29, 1.82) is 0 Å². The second kappa shape index (κ2) is 7.71. The van der Waals surface area contributed by atoms with Crippen LogP contribution in [0.1, 0.15) is 61.8 Å². The highest BCUT2D eigenvalue weighted by atomic mass is 79.9. The molecule has 2 saturated carbocycles. The number of hydrogen-bond acceptors (Lipinski definition) is 1. The van der Waals surface area contributed by atoms with Gasteiger partial charge in [-0.05, 0) is 115 Å². The maximum atomic E-state index is 10.3. The fourth-order valence-electron chi connectivity index (χ4n) is 5.89. The summed E-state index contributed by atoms with van der Waals surface area (Å²) in [5.74, 6) is 3.43. The molecule has 2 fully saturated rings. The first-order valence-electron chi connectivity index (χ1n) is 10.6. The Balaban J connectivity index is 1.95. The van der Waals surface area contributed by atoms with Gasteiger partial charge in [0.2, 0.25) is 0 Å². The van der Waals surface area contributed by atoms with Crippen molar-refractivity contribution in [2.45, 2.75) is 53.4 Å². The zero-order valence-corrected chi connectivity index (χ0v) is 19.0. The molecule has 2 aliphatic carbocycles. The van der Waals surface area contributed by atoms with Gasteiger partial charge in [-0.3, -0.25) is 0 Å². The van der Waals surface area contributed by atoms with Crippen LogP contribution in [0.2, 0.25) is 0 Å². The standard InChI is InChI=1S/C26H31BrO/c1-15-9-19-11-16(2)24(21(10-15)14-19)25(20-5-7-23(27)8-6-20)22-12-17(3)26(28)18(4)13-22/h5-8,12-13,15-16,19,21,28H,9-11,14H2,1-4H3/b25-24+. The summed E-state index contributed by atoms with van der Waals surface area (Å²) in [5, 5.41) is 10.3. The molecular formula is C26H31BrO. The summed E-state index contributed by atoms with van der Waals surface area (Å²) in [7, 11) is 0. The number of hydrogen-bond donors (Lipinski definition) is 1. The minimum Gasteiger partial charge on any atom is -0.507 e. The van der Waals surface area contributed by atoms with Crippen LogP contribution in [0, 0.1) is 37.5 Å². The largest absolute Gasteiger partial charge is 0.507 e. The van der Waals surface area contributed by atoms with Gasteiger partial charge in [-0.2, -0.15) is 0 Å². The van der Waals surface area contributed by atoms with Gasteiger partial charge in [0.05, 0.1) is 0 Å². The number of fused-ring (bicyclic) bond motifs is 2. The van der Waals surface area contributed by atoms with Gasteiger partial charge in [0.15, 0.2) is 0 Å². The van der Waals surface area contributed by atoms with Gasteiger partial charge in [0, 0.05) is 4.47 Å². The highest BCUT2D eigenvalue weighted by Crippen LogP contribution is 2.51. The number of halogens is 1. The van der Waals surface area contributed by atoms with Crippen molar-refractivity contribution in [3.8, 4) is 5.75 Å². The summed E-state index contributed by atoms with van der Waals surface area (Å²) in [6.07, 6.45) is 5.37. The number of benzene rings is 2. The van der Waals surface area contributed by atoms with Crippen LogP contribution in [0.25, 0.3) is 5.57 Å². The lowest BCUT2D eigenvalue weighted by atomic mass is 9.61. The summed E-state index contributed by atoms with van der Waals surface area (Å²) in [4.78, 5) is 0. The topological polar surface area (TPSA) is 20.2 Å². The lowest BCUT2D eigenvalue weighted by molar-refractivity contribution is 0.163. The first-order chi connectivity index (χ1) is 13.3. The Morgan fingerprint density at radius 3 is 2.18 bits per heavy atom. The highest BCUT2D eigenvalue weighted by molar-refractivity contribution is 9.10. The molecule has 1 nitrogen and oxygen atoms in total. The Labute approximate surface area is 178 Å². The lowest BCUT2D eigenvalue weighted by Crippen LogP contribution is -2.32. The molecule has 0 aliphatic heterocycles. The van der Waals surface area contributed by atoms with Gasteiger partial charge >= 0.3 is 0 Å². The number of allylic oxidation sites excluding steroid dienone is 1. The van der Waals surface area contributed by atoms with Gasteiger partial charge in [0.25, 0.3) is 0 Å². The molecule has 1 N–H and O–H groups in total. The number of aryl methyl sites for hydroxylation is 2. The number of phenolic OH excluding ortho intramolecular Hbond substituents is 1. The average Bonchev–Trinajstić information content (AvgIpc) is 2.63. The van der Waals surface area contributed by atoms with Crippen LogP contribution in [0.4, 0.5) is 0 Å². The molecular weight excluding hydrogens is 408 g/mol. The quantitative estimate of drug-likeness (QED) is 0.509. The fourth-order valence-corrected chi connectivity index (χ4v) is 6.15. The molecule has 4 unspecified atom stereocenters. The SMILES string of the molecule is Cc1cc(/C(=C2\C(C)CC3CC(C)CC2C3)c2ccc(Br)cc2)cc(C)c1O. The Bertz CT molecular complexity index is 882. The lowest BCUT2D eigenvalue weighted by Gasteiger charge is -2.44. The van der Waals surface area contributed by atoms with Gasteiger partial charge in [-0.15, -0.1) is 0 Å². The molecule has 2 heteroatoms. The molecule has 2 bridgehead atoms. The predicted molar refractivity (Wildman–Crippen MR) is 122 cm³/mol. The van der Waals surface area contributed by atoms with E-state index in [9.17, 15) is 5.11 Å². The summed E-state index contributed by atoms with van der Waals surface area (Å²) >= 11 is 3.59. The van der Waals surface area contributed by atoms with Crippen molar-refractivity contribution < 1.29 is 5.11 Å². The number of rotatable bonds is 2. The predicted octanol–water partition coefficient (Wildman–Crippen LogP) is 7.67. The Hall–Kier alpha value is -1.54. The molecule has 4 atom stereocenters. The Morgan fingerprint density at radius 2 is 1.54 bits per heavy atom. The Kier molecular flexibility index (Phi) is 5.44. The average molecular weight is 439 g/mol. The van der Waals surface area contributed by atoms with E-state index in [1.54, 1.807) is 5.57 Å². The summed E-state index contributed by atoms with van der Waals surface area (Å²) in [6, 6.07) is 13.1. The van der Waals surface area contributed by atoms with Gasteiger partial charge in [0.1, 0.15) is 5.75 Å². The summed E-state index contributed by atoms with van der Waals surface area (Å²) < 4.78 is 1.11. The zero-order valence-electron chi connectivity index (χ0n) is 17.4. The zero-order chi connectivity index (χ0) is 20.0. The third-order valence-corrected chi connectivity index (χ3v) is 7.43. The van der Waals surface area contributed by atoms with E-state index in [1.807, 2.05) is 13.8 Å². The third-order valence-electron chi connectivity index (χ3n) is 6.90. The minimum atomic E-state index is 0.423. The van der Waals surface area contributed by atoms with E-state index in [0.717, 1.165) is 27.4 Å². The first kappa shape index (κ1) is 19.8. The van der Waals surface area contributed by atoms with Crippen molar-refractivity contribution in [2.24, 2.45) is 23.7 Å². The van der Waals surface area contributed by atoms with Gasteiger partial charge < -0.3 is 5.11 Å². The van der Waals surface area contributed by atoms with Crippen molar-refractivity contribution in [2.75, 3.05) is 0 Å². The second-order valence-electron chi connectivity index (χ2n) is 9.31. The molecule has 148 valence electrons. The van der Waals surface area contributed by atoms with Crippen molar-refractivity contribution in [3.05, 3.63) is 68.7 Å². The maximum absolute atomic E-state index is 10.3. The number of aromatic hydroxyl groups is 1. The minimum absolute atomic E-state index is 0.423. The molecule has 2 aliphatic rings. The van der Waals surface area contributed by atoms with E-state index in [4.69, 9.17) is 0 Å². The molecule has 2 aromatic carbocycles. The number of phenols is 1. The van der Waals surface area contributed by atoms with E-state index >= 15 is 0 Å². The van der Waals surface area contributed by atoms with Crippen LogP contribution in [0.3, 0.4) is 0 Å². The van der Waals surface area contributed by atoms with Crippen molar-refractivity contribution in [3.63, 3.8) is 0 Å². The molecule has 0 amide bonds. The van der Waals surface area contributed by atoms with Crippen LogP contribution in [-0.4, -0.2) is 5.11 Å². The molecule has 0 saturated heterocycles. The van der Waals surface area contributed by atoms with E-state index in [2.05, 4.69) is 66.2 Å². The molecule has 0 spiro atoms. The van der Waals surface area contributed by atoms with Crippen LogP contribution < -0.4 is 0 Å². The highest BCUT2D eigenvalue weighted by Gasteiger charge is 2.38. The fraction of sp³-hybridized carbons (Fsp3) is 0.462. The van der Waals surface area contributed by atoms with Gasteiger partial charge in [-0.25, -0.2) is 0 Å². The van der Waals surface area contributed by atoms with E-state index in [-0.39, 0.29) is 0 Å². The van der Waals surface area contributed by atoms with Crippen LogP contribution in [0.5, 0.6) is 5.75 Å². The second-order valence-corrected chi connectivity index (χ2v) is 10.2. The molecule has 4 rings (SSSR count). The Morgan fingerprint density at radius 1 is 0.893 bits per heavy atom. The van der Waals surface area contributed by atoms with E-state index < -0.39 is 0 Å². The molecule has 28 heavy (non-hydrogen) atoms. The molecule has 0 heterocycles. The van der Waals surface area contributed by atoms with Crippen molar-refractivity contribution >= 4 is 21.5 Å². The first-order valence-corrected chi connectivity index (χ1v) is 11.4. The smallest absolute Gasteiger partial charge is 0.121 e. The van der Waals surface area contributed by atoms with Gasteiger partial charge in [-0.1, -0.05) is 47.5 Å². The normalized spacial score (nSPS) is 28.9. The van der Waals surface area contributed by atoms with E-state index in [0.29, 0.717) is 17.6 Å². The van der Waals surface area contributed by atoms with E-state index in [1.165, 1.54) is 42.4 Å². The van der Waals surface area contributed by atoms with Crippen molar-refractivity contribution in [1.82, 2.24) is 0 Å².